The smallest absolute Gasteiger partial charge is 0.410 e. The van der Waals surface area contributed by atoms with Gasteiger partial charge in [0.2, 0.25) is 5.79 Å². The Kier molecular flexibility index (Phi) is 15.5. The van der Waals surface area contributed by atoms with Crippen molar-refractivity contribution in [3.8, 4) is 0 Å². The van der Waals surface area contributed by atoms with Gasteiger partial charge in [-0.1, -0.05) is 39.7 Å². The van der Waals surface area contributed by atoms with Gasteiger partial charge in [-0.2, -0.15) is 0 Å². The Morgan fingerprint density at radius 1 is 1.13 bits per heavy atom. The van der Waals surface area contributed by atoms with Gasteiger partial charge in [0.05, 0.1) is 35.5 Å². The maximum Gasteiger partial charge on any atom is 0.410 e. The van der Waals surface area contributed by atoms with Gasteiger partial charge in [-0.05, 0) is 97.7 Å². The first kappa shape index (κ1) is 44.8. The van der Waals surface area contributed by atoms with Crippen molar-refractivity contribution in [2.75, 3.05) is 34.3 Å². The molecule has 14 nitrogen and oxygen atoms in total. The minimum Gasteiger partial charge on any atom is -0.456 e. The molecule has 12 atom stereocenters. The van der Waals surface area contributed by atoms with E-state index in [1.54, 1.807) is 32.8 Å². The molecule has 3 heterocycles. The fourth-order valence-electron chi connectivity index (χ4n) is 9.12. The molecule has 1 amide bonds. The second kappa shape index (κ2) is 18.3. The number of amides is 1. The lowest BCUT2D eigenvalue weighted by atomic mass is 9.75. The number of ether oxygens (including phenoxy) is 6. The monoisotopic (exact) mass is 752 g/mol. The third-order valence-corrected chi connectivity index (χ3v) is 11.8. The summed E-state index contributed by atoms with van der Waals surface area (Å²) in [5, 5.41) is 14.8. The zero-order valence-corrected chi connectivity index (χ0v) is 34.9. The van der Waals surface area contributed by atoms with Crippen molar-refractivity contribution in [3.63, 3.8) is 0 Å². The van der Waals surface area contributed by atoms with Gasteiger partial charge in [0, 0.05) is 56.8 Å². The minimum absolute atomic E-state index is 0.0277. The highest BCUT2D eigenvalue weighted by molar-refractivity contribution is 5.89. The maximum absolute atomic E-state index is 13.3. The van der Waals surface area contributed by atoms with Crippen LogP contribution >= 0.6 is 0 Å². The number of nitrogens with zero attached hydrogens (tertiary/aromatic N) is 5. The molecule has 3 unspecified atom stereocenters. The van der Waals surface area contributed by atoms with Gasteiger partial charge in [-0.25, -0.2) is 9.59 Å². The Morgan fingerprint density at radius 3 is 2.38 bits per heavy atom. The van der Waals surface area contributed by atoms with Gasteiger partial charge >= 0.3 is 12.1 Å². The zero-order chi connectivity index (χ0) is 40.1. The summed E-state index contributed by atoms with van der Waals surface area (Å²) in [6.07, 6.45) is 1.38. The Bertz CT molecular complexity index is 1340. The fraction of sp³-hybridized carbons (Fsp3) is 0.897. The number of carbonyl (C=O) groups excluding carboxylic acids is 2. The SMILES string of the molecule is CC[C@@H](O)[C@@]1(C)OC(=O)N(CCCCN=[N+]=[N-])[C@@H]1[C@@H](C)CC(C)C[C@@](C)(OC)[C@H](O[C@@H]1O[C@H](C)CC(N(C)C)[C@H]1C)C(C)C1=C(C)C(=O)OC(C)(C)O1. The molecule has 0 aromatic rings. The Morgan fingerprint density at radius 2 is 1.79 bits per heavy atom. The molecule has 0 saturated carbocycles. The van der Waals surface area contributed by atoms with Crippen molar-refractivity contribution in [2.24, 2.45) is 28.8 Å². The van der Waals surface area contributed by atoms with Crippen LogP contribution in [0.4, 0.5) is 4.79 Å². The second-order valence-corrected chi connectivity index (χ2v) is 17.0. The molecule has 0 bridgehead atoms. The Balaban J connectivity index is 1.97. The van der Waals surface area contributed by atoms with E-state index in [1.165, 1.54) is 0 Å². The lowest BCUT2D eigenvalue weighted by Gasteiger charge is -2.48. The number of hydrogen-bond donors (Lipinski definition) is 1. The van der Waals surface area contributed by atoms with Crippen LogP contribution in [-0.4, -0.2) is 115 Å². The van der Waals surface area contributed by atoms with E-state index in [1.807, 2.05) is 27.7 Å². The molecule has 0 aromatic heterocycles. The van der Waals surface area contributed by atoms with Crippen LogP contribution < -0.4 is 0 Å². The number of aliphatic hydroxyl groups excluding tert-OH is 1. The summed E-state index contributed by atoms with van der Waals surface area (Å²) in [5.74, 6) is -1.47. The van der Waals surface area contributed by atoms with E-state index < -0.39 is 53.5 Å². The summed E-state index contributed by atoms with van der Waals surface area (Å²) < 4.78 is 37.9. The average molecular weight is 752 g/mol. The molecule has 2 fully saturated rings. The van der Waals surface area contributed by atoms with Crippen LogP contribution in [0.2, 0.25) is 0 Å². The van der Waals surface area contributed by atoms with Crippen LogP contribution in [0.5, 0.6) is 0 Å². The van der Waals surface area contributed by atoms with Gasteiger partial charge in [0.1, 0.15) is 5.76 Å². The van der Waals surface area contributed by atoms with Crippen LogP contribution in [0.3, 0.4) is 0 Å². The van der Waals surface area contributed by atoms with Gasteiger partial charge in [-0.15, -0.1) is 0 Å². The number of carbonyl (C=O) groups is 2. The minimum atomic E-state index is -1.15. The van der Waals surface area contributed by atoms with Crippen LogP contribution in [0, 0.1) is 23.7 Å². The Labute approximate surface area is 317 Å². The van der Waals surface area contributed by atoms with Crippen LogP contribution in [0.15, 0.2) is 16.4 Å². The molecule has 3 rings (SSSR count). The first-order valence-electron chi connectivity index (χ1n) is 19.5. The second-order valence-electron chi connectivity index (χ2n) is 17.0. The van der Waals surface area contributed by atoms with Crippen molar-refractivity contribution in [2.45, 2.75) is 168 Å². The van der Waals surface area contributed by atoms with E-state index in [2.05, 4.69) is 56.7 Å². The summed E-state index contributed by atoms with van der Waals surface area (Å²) >= 11 is 0. The molecular formula is C39H69N5O9. The predicted octanol–water partition coefficient (Wildman–Crippen LogP) is 7.19. The number of methoxy groups -OCH3 is 1. The number of hydrogen-bond acceptors (Lipinski definition) is 11. The molecule has 0 radical (unpaired) electrons. The normalized spacial score (nSPS) is 31.5. The summed E-state index contributed by atoms with van der Waals surface area (Å²) in [6, 6.07) is -0.149. The average Bonchev–Trinajstić information content (AvgIpc) is 3.34. The van der Waals surface area contributed by atoms with Crippen LogP contribution in [0.1, 0.15) is 115 Å². The van der Waals surface area contributed by atoms with Crippen molar-refractivity contribution < 1.29 is 43.1 Å². The zero-order valence-electron chi connectivity index (χ0n) is 34.9. The number of aliphatic hydroxyl groups is 1. The van der Waals surface area contributed by atoms with Crippen LogP contribution in [-0.2, 0) is 33.2 Å². The van der Waals surface area contributed by atoms with E-state index in [-0.39, 0.29) is 35.9 Å². The van der Waals surface area contributed by atoms with Crippen molar-refractivity contribution in [1.82, 2.24) is 9.80 Å². The standard InChI is InChI=1S/C39H69N5O9/c1-15-30(45)39(11)32(44(36(47)53-39)19-17-16-18-41-42-40)24(3)20-23(2)22-38(10,48-14)33(27(6)31-28(7)34(46)52-37(8,9)51-31)50-35-26(5)29(43(12)13)21-25(4)49-35/h23-27,29-30,32-33,35,45H,15-22H2,1-14H3/t23?,24-,25+,26+,27?,29?,30+,32+,33+,35-,38+,39+/m0/s1. The van der Waals surface area contributed by atoms with Gasteiger partial charge in [0.25, 0.3) is 0 Å². The van der Waals surface area contributed by atoms with E-state index in [0.717, 1.165) is 6.42 Å². The largest absolute Gasteiger partial charge is 0.456 e. The molecule has 2 saturated heterocycles. The third kappa shape index (κ3) is 10.4. The molecule has 0 aromatic carbocycles. The first-order chi connectivity index (χ1) is 24.7. The molecule has 3 aliphatic heterocycles. The molecule has 53 heavy (non-hydrogen) atoms. The molecule has 0 aliphatic carbocycles. The summed E-state index contributed by atoms with van der Waals surface area (Å²) in [4.78, 5) is 33.2. The highest BCUT2D eigenvalue weighted by Crippen LogP contribution is 2.44. The topological polar surface area (TPSA) is 165 Å². The van der Waals surface area contributed by atoms with E-state index in [9.17, 15) is 14.7 Å². The van der Waals surface area contributed by atoms with Crippen LogP contribution in [0.25, 0.3) is 10.4 Å². The lowest BCUT2D eigenvalue weighted by Crippen LogP contribution is -2.56. The summed E-state index contributed by atoms with van der Waals surface area (Å²) in [7, 11) is 5.84. The highest BCUT2D eigenvalue weighted by atomic mass is 16.7. The fourth-order valence-corrected chi connectivity index (χ4v) is 9.12. The predicted molar refractivity (Wildman–Crippen MR) is 201 cm³/mol. The van der Waals surface area contributed by atoms with Crippen molar-refractivity contribution >= 4 is 12.1 Å². The molecule has 3 aliphatic rings. The number of azide groups is 1. The van der Waals surface area contributed by atoms with E-state index in [0.29, 0.717) is 56.5 Å². The maximum atomic E-state index is 13.3. The number of rotatable bonds is 19. The quantitative estimate of drug-likeness (QED) is 0.0470. The highest BCUT2D eigenvalue weighted by Gasteiger charge is 2.56. The molecule has 304 valence electrons. The lowest BCUT2D eigenvalue weighted by molar-refractivity contribution is -0.285. The molecule has 14 heteroatoms. The summed E-state index contributed by atoms with van der Waals surface area (Å²) in [5.41, 5.74) is 7.09. The molecular weight excluding hydrogens is 682 g/mol. The van der Waals surface area contributed by atoms with Crippen molar-refractivity contribution in [3.05, 3.63) is 21.8 Å². The Hall–Kier alpha value is -2.61. The molecule has 1 N–H and O–H groups in total. The third-order valence-electron chi connectivity index (χ3n) is 11.8. The number of esters is 1. The van der Waals surface area contributed by atoms with E-state index in [4.69, 9.17) is 34.0 Å². The number of cyclic esters (lactones) is 2. The van der Waals surface area contributed by atoms with Crippen molar-refractivity contribution in [1.29, 1.82) is 0 Å². The van der Waals surface area contributed by atoms with Gasteiger partial charge in [0.15, 0.2) is 11.9 Å². The van der Waals surface area contributed by atoms with E-state index >= 15 is 0 Å². The van der Waals surface area contributed by atoms with Gasteiger partial charge in [-0.3, -0.25) is 0 Å². The summed E-state index contributed by atoms with van der Waals surface area (Å²) in [6.45, 7) is 22.2. The first-order valence-corrected chi connectivity index (χ1v) is 19.5. The van der Waals surface area contributed by atoms with Gasteiger partial charge < -0.3 is 43.3 Å². The molecule has 0 spiro atoms. The number of unbranched alkanes of at least 4 members (excludes halogenated alkanes) is 1.